The van der Waals surface area contributed by atoms with Gasteiger partial charge in [0.15, 0.2) is 0 Å². The van der Waals surface area contributed by atoms with Gasteiger partial charge in [-0.1, -0.05) is 13.8 Å². The Morgan fingerprint density at radius 1 is 1.25 bits per heavy atom. The standard InChI is InChI=1S/C9H7.C2H5.Li/c1-2-5-9-7-3-6-8(9)4-1;1-2;/h1-7H;1H2,2H3;. The molecule has 1 aliphatic carbocycles. The van der Waals surface area contributed by atoms with E-state index in [9.17, 15) is 0 Å². The van der Waals surface area contributed by atoms with Gasteiger partial charge in [-0.05, 0) is 0 Å². The summed E-state index contributed by atoms with van der Waals surface area (Å²) in [6, 6.07) is 8.54. The Morgan fingerprint density at radius 2 is 1.92 bits per heavy atom. The van der Waals surface area contributed by atoms with Crippen LogP contribution in [0.2, 0.25) is 0 Å². The summed E-state index contributed by atoms with van der Waals surface area (Å²) < 4.78 is 0.621. The van der Waals surface area contributed by atoms with E-state index < -0.39 is 0 Å². The van der Waals surface area contributed by atoms with Crippen LogP contribution < -0.4 is 0 Å². The molecular weight excluding hydrogens is 139 g/mol. The van der Waals surface area contributed by atoms with Crippen LogP contribution in [0, 0.1) is 6.92 Å². The molecule has 0 aromatic heterocycles. The average molecular weight is 151 g/mol. The van der Waals surface area contributed by atoms with Crippen molar-refractivity contribution < 1.29 is 0 Å². The van der Waals surface area contributed by atoms with Crippen molar-refractivity contribution in [2.75, 3.05) is 0 Å². The second-order valence-electron chi connectivity index (χ2n) is 2.78. The Morgan fingerprint density at radius 3 is 2.58 bits per heavy atom. The van der Waals surface area contributed by atoms with Crippen LogP contribution in [0.3, 0.4) is 0 Å². The first kappa shape index (κ1) is 9.64. The molecule has 0 fully saturated rings. The minimum atomic E-state index is 0.621. The third-order valence-electron chi connectivity index (χ3n) is 2.05. The van der Waals surface area contributed by atoms with Gasteiger partial charge in [-0.15, -0.1) is 0 Å². The molecule has 0 spiro atoms. The molecule has 1 aliphatic rings. The second-order valence-corrected chi connectivity index (χ2v) is 2.78. The molecule has 0 saturated carbocycles. The van der Waals surface area contributed by atoms with Gasteiger partial charge in [0.2, 0.25) is 0 Å². The van der Waals surface area contributed by atoms with Gasteiger partial charge in [0.05, 0.1) is 0 Å². The van der Waals surface area contributed by atoms with E-state index in [0.717, 1.165) is 0 Å². The molecule has 2 rings (SSSR count). The van der Waals surface area contributed by atoms with E-state index in [2.05, 4.69) is 61.1 Å². The molecule has 12 heavy (non-hydrogen) atoms. The van der Waals surface area contributed by atoms with E-state index >= 15 is 0 Å². The summed E-state index contributed by atoms with van der Waals surface area (Å²) in [5.41, 5.74) is 2.84. The average Bonchev–Trinajstić information content (AvgIpc) is 2.53. The van der Waals surface area contributed by atoms with Crippen LogP contribution in [-0.2, 0) is 0 Å². The predicted octanol–water partition coefficient (Wildman–Crippen LogP) is 2.76. The molecule has 0 bridgehead atoms. The number of allylic oxidation sites excluding steroid dienone is 1. The Hall–Kier alpha value is -0.443. The fraction of sp³-hybridized carbons (Fsp3) is 0.182. The van der Waals surface area contributed by atoms with Crippen molar-refractivity contribution in [3.63, 3.8) is 0 Å². The van der Waals surface area contributed by atoms with E-state index in [1.54, 1.807) is 6.92 Å². The van der Waals surface area contributed by atoms with Gasteiger partial charge in [-0.3, -0.25) is 0 Å². The predicted molar refractivity (Wildman–Crippen MR) is 55.0 cm³/mol. The number of hydrogen-bond donors (Lipinski definition) is 0. The SMILES string of the molecule is [CH2]C.[Li][CH]1C=Cc2ccccc21. The molecule has 0 saturated heterocycles. The normalized spacial score (nSPS) is 18.2. The van der Waals surface area contributed by atoms with Crippen molar-refractivity contribution in [2.45, 2.75) is 11.5 Å². The van der Waals surface area contributed by atoms with Gasteiger partial charge in [0.1, 0.15) is 0 Å². The second kappa shape index (κ2) is 4.55. The van der Waals surface area contributed by atoms with Gasteiger partial charge < -0.3 is 0 Å². The van der Waals surface area contributed by atoms with Gasteiger partial charge in [0.25, 0.3) is 0 Å². The summed E-state index contributed by atoms with van der Waals surface area (Å²) in [4.78, 5) is 0. The van der Waals surface area contributed by atoms with E-state index in [-0.39, 0.29) is 0 Å². The van der Waals surface area contributed by atoms with Gasteiger partial charge in [-0.25, -0.2) is 0 Å². The molecule has 1 heteroatoms. The minimum absolute atomic E-state index is 0.621. The van der Waals surface area contributed by atoms with E-state index in [4.69, 9.17) is 0 Å². The maximum absolute atomic E-state index is 3.25. The number of benzene rings is 1. The monoisotopic (exact) mass is 151 g/mol. The molecule has 0 heterocycles. The summed E-state index contributed by atoms with van der Waals surface area (Å²) in [7, 11) is 0. The summed E-state index contributed by atoms with van der Waals surface area (Å²) >= 11 is 2.22. The van der Waals surface area contributed by atoms with Crippen LogP contribution >= 0.6 is 0 Å². The zero-order valence-corrected chi connectivity index (χ0v) is 7.75. The van der Waals surface area contributed by atoms with E-state index in [1.807, 2.05) is 0 Å². The molecule has 0 N–H and O–H groups in total. The van der Waals surface area contributed by atoms with E-state index in [0.29, 0.717) is 4.59 Å². The van der Waals surface area contributed by atoms with E-state index in [1.165, 1.54) is 11.1 Å². The van der Waals surface area contributed by atoms with Crippen LogP contribution in [0.25, 0.3) is 6.08 Å². The van der Waals surface area contributed by atoms with Crippen molar-refractivity contribution in [3.8, 4) is 0 Å². The quantitative estimate of drug-likeness (QED) is 0.500. The van der Waals surface area contributed by atoms with Crippen LogP contribution in [-0.4, -0.2) is 17.7 Å². The number of hydrogen-bond acceptors (Lipinski definition) is 0. The van der Waals surface area contributed by atoms with Crippen molar-refractivity contribution in [1.82, 2.24) is 0 Å². The zero-order valence-electron chi connectivity index (χ0n) is 7.75. The van der Waals surface area contributed by atoms with Crippen molar-refractivity contribution in [3.05, 3.63) is 48.4 Å². The third kappa shape index (κ3) is 1.83. The number of rotatable bonds is 0. The summed E-state index contributed by atoms with van der Waals surface area (Å²) in [6.07, 6.45) is 4.44. The summed E-state index contributed by atoms with van der Waals surface area (Å²) in [5, 5.41) is 0. The zero-order chi connectivity index (χ0) is 8.97. The third-order valence-corrected chi connectivity index (χ3v) is 2.05. The van der Waals surface area contributed by atoms with Gasteiger partial charge >= 0.3 is 69.9 Å². The Labute approximate surface area is 83.9 Å². The Bertz CT molecular complexity index is 276. The van der Waals surface area contributed by atoms with Crippen LogP contribution in [0.5, 0.6) is 0 Å². The molecule has 0 nitrogen and oxygen atoms in total. The Kier molecular flexibility index (Phi) is 3.66. The van der Waals surface area contributed by atoms with Crippen molar-refractivity contribution >= 4 is 23.8 Å². The number of fused-ring (bicyclic) bond motifs is 1. The molecular formula is C11H12Li. The molecule has 1 unspecified atom stereocenters. The topological polar surface area (TPSA) is 0 Å². The molecule has 0 amide bonds. The van der Waals surface area contributed by atoms with Crippen LogP contribution in [0.1, 0.15) is 22.6 Å². The molecule has 0 aliphatic heterocycles. The summed E-state index contributed by atoms with van der Waals surface area (Å²) in [6.45, 7) is 5.00. The van der Waals surface area contributed by atoms with Crippen molar-refractivity contribution in [1.29, 1.82) is 0 Å². The molecule has 1 radical (unpaired) electrons. The van der Waals surface area contributed by atoms with Gasteiger partial charge in [-0.2, -0.15) is 0 Å². The molecule has 1 atom stereocenters. The maximum atomic E-state index is 3.25. The van der Waals surface area contributed by atoms with Crippen LogP contribution in [0.15, 0.2) is 30.3 Å². The Balaban J connectivity index is 0.000000336. The molecule has 1 aromatic carbocycles. The van der Waals surface area contributed by atoms with Crippen molar-refractivity contribution in [2.24, 2.45) is 0 Å². The molecule has 57 valence electrons. The van der Waals surface area contributed by atoms with Crippen LogP contribution in [0.4, 0.5) is 0 Å². The fourth-order valence-electron chi connectivity index (χ4n) is 1.43. The first-order chi connectivity index (χ1) is 5.88. The fourth-order valence-corrected chi connectivity index (χ4v) is 1.43. The first-order valence-electron chi connectivity index (χ1n) is 4.36. The van der Waals surface area contributed by atoms with Gasteiger partial charge in [0, 0.05) is 0 Å². The first-order valence-corrected chi connectivity index (χ1v) is 4.36. The molecule has 1 aromatic rings. The summed E-state index contributed by atoms with van der Waals surface area (Å²) in [5.74, 6) is 0.